The van der Waals surface area contributed by atoms with E-state index in [1.807, 2.05) is 13.8 Å². The fourth-order valence-corrected chi connectivity index (χ4v) is 2.60. The third-order valence-corrected chi connectivity index (χ3v) is 5.00. The Labute approximate surface area is 125 Å². The van der Waals surface area contributed by atoms with E-state index in [9.17, 15) is 13.5 Å². The van der Waals surface area contributed by atoms with Crippen LogP contribution in [-0.2, 0) is 10.0 Å². The van der Waals surface area contributed by atoms with Gasteiger partial charge in [-0.1, -0.05) is 25.4 Å². The standard InChI is InChI=1S/C13H21ClN2O3S/c1-3-13(4-2,9-17)8-16-12-7-10(20(15,18)19)5-6-11(12)14/h5-7,16-17H,3-4,8-9H2,1-2H3,(H2,15,18,19). The van der Waals surface area contributed by atoms with Crippen molar-refractivity contribution in [2.45, 2.75) is 31.6 Å². The van der Waals surface area contributed by atoms with Crippen LogP contribution in [0.3, 0.4) is 0 Å². The smallest absolute Gasteiger partial charge is 0.238 e. The molecule has 0 spiro atoms. The van der Waals surface area contributed by atoms with Gasteiger partial charge in [-0.15, -0.1) is 0 Å². The Kier molecular flexibility index (Phi) is 5.82. The van der Waals surface area contributed by atoms with Gasteiger partial charge in [-0.2, -0.15) is 0 Å². The Balaban J connectivity index is 2.98. The monoisotopic (exact) mass is 320 g/mol. The number of rotatable bonds is 7. The van der Waals surface area contributed by atoms with Crippen LogP contribution in [0.4, 0.5) is 5.69 Å². The van der Waals surface area contributed by atoms with Crippen LogP contribution in [0.25, 0.3) is 0 Å². The lowest BCUT2D eigenvalue weighted by atomic mass is 9.83. The van der Waals surface area contributed by atoms with Crippen molar-refractivity contribution in [2.75, 3.05) is 18.5 Å². The average Bonchev–Trinajstić information content (AvgIpc) is 2.41. The molecule has 0 heterocycles. The van der Waals surface area contributed by atoms with Crippen LogP contribution >= 0.6 is 11.6 Å². The third-order valence-electron chi connectivity index (χ3n) is 3.76. The summed E-state index contributed by atoms with van der Waals surface area (Å²) in [6, 6.07) is 4.26. The number of benzene rings is 1. The van der Waals surface area contributed by atoms with Crippen molar-refractivity contribution in [1.29, 1.82) is 0 Å². The van der Waals surface area contributed by atoms with Gasteiger partial charge in [-0.3, -0.25) is 0 Å². The minimum absolute atomic E-state index is 0.00648. The maximum absolute atomic E-state index is 11.3. The maximum Gasteiger partial charge on any atom is 0.238 e. The molecule has 5 nitrogen and oxygen atoms in total. The van der Waals surface area contributed by atoms with Gasteiger partial charge in [0, 0.05) is 12.0 Å². The largest absolute Gasteiger partial charge is 0.396 e. The molecule has 0 fully saturated rings. The molecule has 1 rings (SSSR count). The molecule has 20 heavy (non-hydrogen) atoms. The second-order valence-electron chi connectivity index (χ2n) is 4.91. The molecule has 4 N–H and O–H groups in total. The SMILES string of the molecule is CCC(CC)(CO)CNc1cc(S(N)(=O)=O)ccc1Cl. The van der Waals surface area contributed by atoms with Crippen LogP contribution in [0.5, 0.6) is 0 Å². The average molecular weight is 321 g/mol. The minimum atomic E-state index is -3.76. The molecule has 0 aliphatic carbocycles. The fraction of sp³-hybridized carbons (Fsp3) is 0.538. The zero-order valence-corrected chi connectivity index (χ0v) is 13.3. The molecule has 0 atom stereocenters. The second-order valence-corrected chi connectivity index (χ2v) is 6.87. The summed E-state index contributed by atoms with van der Waals surface area (Å²) in [6.07, 6.45) is 1.61. The van der Waals surface area contributed by atoms with Gasteiger partial charge in [0.05, 0.1) is 22.2 Å². The van der Waals surface area contributed by atoms with E-state index < -0.39 is 10.0 Å². The van der Waals surface area contributed by atoms with Crippen LogP contribution in [0.1, 0.15) is 26.7 Å². The molecule has 7 heteroatoms. The number of primary sulfonamides is 1. The molecule has 114 valence electrons. The van der Waals surface area contributed by atoms with Gasteiger partial charge in [0.1, 0.15) is 0 Å². The molecule has 0 saturated carbocycles. The van der Waals surface area contributed by atoms with Crippen LogP contribution in [-0.4, -0.2) is 26.7 Å². The minimum Gasteiger partial charge on any atom is -0.396 e. The van der Waals surface area contributed by atoms with Gasteiger partial charge >= 0.3 is 0 Å². The number of aliphatic hydroxyl groups excluding tert-OH is 1. The van der Waals surface area contributed by atoms with Crippen LogP contribution < -0.4 is 10.5 Å². The van der Waals surface area contributed by atoms with E-state index in [2.05, 4.69) is 5.32 Å². The summed E-state index contributed by atoms with van der Waals surface area (Å²) in [5, 5.41) is 18.1. The van der Waals surface area contributed by atoms with E-state index >= 15 is 0 Å². The van der Waals surface area contributed by atoms with E-state index in [1.54, 1.807) is 0 Å². The van der Waals surface area contributed by atoms with Crippen molar-refractivity contribution < 1.29 is 13.5 Å². The zero-order chi connectivity index (χ0) is 15.4. The highest BCUT2D eigenvalue weighted by Gasteiger charge is 2.25. The summed E-state index contributed by atoms with van der Waals surface area (Å²) in [7, 11) is -3.76. The highest BCUT2D eigenvalue weighted by atomic mass is 35.5. The lowest BCUT2D eigenvalue weighted by Crippen LogP contribution is -2.32. The van der Waals surface area contributed by atoms with Crippen LogP contribution in [0, 0.1) is 5.41 Å². The molecule has 0 saturated heterocycles. The van der Waals surface area contributed by atoms with Gasteiger partial charge < -0.3 is 10.4 Å². The second kappa shape index (κ2) is 6.76. The zero-order valence-electron chi connectivity index (χ0n) is 11.7. The number of hydrogen-bond acceptors (Lipinski definition) is 4. The number of nitrogens with one attached hydrogen (secondary N) is 1. The van der Waals surface area contributed by atoms with E-state index in [4.69, 9.17) is 16.7 Å². The third kappa shape index (κ3) is 4.09. The first-order valence-electron chi connectivity index (χ1n) is 6.45. The lowest BCUT2D eigenvalue weighted by Gasteiger charge is -2.30. The van der Waals surface area contributed by atoms with Crippen LogP contribution in [0.15, 0.2) is 23.1 Å². The topological polar surface area (TPSA) is 92.4 Å². The quantitative estimate of drug-likeness (QED) is 0.718. The van der Waals surface area contributed by atoms with Crippen molar-refractivity contribution in [3.63, 3.8) is 0 Å². The predicted octanol–water partition coefficient (Wildman–Crippen LogP) is 2.20. The summed E-state index contributed by atoms with van der Waals surface area (Å²) in [6.45, 7) is 4.57. The van der Waals surface area contributed by atoms with Gasteiger partial charge in [-0.05, 0) is 31.0 Å². The Bertz CT molecular complexity index is 548. The molecule has 0 aliphatic heterocycles. The Morgan fingerprint density at radius 1 is 1.35 bits per heavy atom. The summed E-state index contributed by atoms with van der Waals surface area (Å²) < 4.78 is 22.7. The number of halogens is 1. The molecular formula is C13H21ClN2O3S. The van der Waals surface area contributed by atoms with E-state index in [0.29, 0.717) is 17.3 Å². The summed E-state index contributed by atoms with van der Waals surface area (Å²) in [5.41, 5.74) is 0.249. The molecule has 0 aliphatic rings. The van der Waals surface area contributed by atoms with Crippen molar-refractivity contribution in [3.8, 4) is 0 Å². The Morgan fingerprint density at radius 3 is 2.40 bits per heavy atom. The lowest BCUT2D eigenvalue weighted by molar-refractivity contribution is 0.127. The van der Waals surface area contributed by atoms with Gasteiger partial charge in [0.15, 0.2) is 0 Å². The van der Waals surface area contributed by atoms with E-state index in [-0.39, 0.29) is 16.9 Å². The van der Waals surface area contributed by atoms with Gasteiger partial charge in [0.2, 0.25) is 10.0 Å². The highest BCUT2D eigenvalue weighted by Crippen LogP contribution is 2.29. The van der Waals surface area contributed by atoms with Crippen molar-refractivity contribution in [1.82, 2.24) is 0 Å². The number of sulfonamides is 1. The molecule has 0 amide bonds. The Morgan fingerprint density at radius 2 is 1.95 bits per heavy atom. The van der Waals surface area contributed by atoms with E-state index in [0.717, 1.165) is 12.8 Å². The van der Waals surface area contributed by atoms with Gasteiger partial charge in [-0.25, -0.2) is 13.6 Å². The number of nitrogens with two attached hydrogens (primary N) is 1. The molecular weight excluding hydrogens is 300 g/mol. The van der Waals surface area contributed by atoms with Crippen molar-refractivity contribution >= 4 is 27.3 Å². The molecule has 1 aromatic carbocycles. The fourth-order valence-electron chi connectivity index (χ4n) is 1.88. The maximum atomic E-state index is 11.3. The number of anilines is 1. The molecule has 0 aromatic heterocycles. The highest BCUT2D eigenvalue weighted by molar-refractivity contribution is 7.89. The predicted molar refractivity (Wildman–Crippen MR) is 81.4 cm³/mol. The van der Waals surface area contributed by atoms with Crippen molar-refractivity contribution in [3.05, 3.63) is 23.2 Å². The van der Waals surface area contributed by atoms with E-state index in [1.165, 1.54) is 18.2 Å². The first-order chi connectivity index (χ1) is 9.28. The summed E-state index contributed by atoms with van der Waals surface area (Å²) in [5.74, 6) is 0. The molecule has 0 radical (unpaired) electrons. The number of hydrogen-bond donors (Lipinski definition) is 3. The molecule has 0 unspecified atom stereocenters. The number of aliphatic hydroxyl groups is 1. The molecule has 0 bridgehead atoms. The Hall–Kier alpha value is -0.820. The summed E-state index contributed by atoms with van der Waals surface area (Å²) in [4.78, 5) is 0.00648. The summed E-state index contributed by atoms with van der Waals surface area (Å²) >= 11 is 6.04. The van der Waals surface area contributed by atoms with Crippen LogP contribution in [0.2, 0.25) is 5.02 Å². The van der Waals surface area contributed by atoms with Crippen molar-refractivity contribution in [2.24, 2.45) is 10.6 Å². The van der Waals surface area contributed by atoms with Gasteiger partial charge in [0.25, 0.3) is 0 Å². The normalized spacial score (nSPS) is 12.4. The molecule has 1 aromatic rings. The first kappa shape index (κ1) is 17.2. The first-order valence-corrected chi connectivity index (χ1v) is 8.37.